The maximum atomic E-state index is 12.7. The van der Waals surface area contributed by atoms with E-state index in [-0.39, 0.29) is 5.78 Å². The number of fused-ring (bicyclic) bond motifs is 1. The van der Waals surface area contributed by atoms with Crippen LogP contribution in [0.3, 0.4) is 0 Å². The van der Waals surface area contributed by atoms with Gasteiger partial charge < -0.3 is 4.90 Å². The van der Waals surface area contributed by atoms with Crippen LogP contribution in [0.4, 0.5) is 5.95 Å². The van der Waals surface area contributed by atoms with E-state index in [1.807, 2.05) is 59.9 Å². The molecule has 114 valence electrons. The summed E-state index contributed by atoms with van der Waals surface area (Å²) in [6.07, 6.45) is 0. The number of rotatable bonds is 5. The average Bonchev–Trinajstić information content (AvgIpc) is 3.15. The van der Waals surface area contributed by atoms with E-state index in [9.17, 15) is 4.79 Å². The van der Waals surface area contributed by atoms with Gasteiger partial charge in [-0.25, -0.2) is 9.97 Å². The van der Waals surface area contributed by atoms with Crippen LogP contribution in [-0.2, 0) is 0 Å². The minimum absolute atomic E-state index is 0.0376. The Balaban J connectivity index is 2.08. The number of carbonyl (C=O) groups is 1. The number of anilines is 1. The third kappa shape index (κ3) is 2.87. The molecule has 3 aromatic heterocycles. The van der Waals surface area contributed by atoms with Crippen LogP contribution < -0.4 is 4.90 Å². The van der Waals surface area contributed by atoms with Crippen molar-refractivity contribution in [2.75, 3.05) is 32.7 Å². The Kier molecular flexibility index (Phi) is 4.19. The zero-order chi connectivity index (χ0) is 15.7. The molecule has 3 rings (SSSR count). The third-order valence-corrected chi connectivity index (χ3v) is 4.87. The molecule has 0 aromatic carbocycles. The van der Waals surface area contributed by atoms with Crippen LogP contribution >= 0.6 is 22.7 Å². The summed E-state index contributed by atoms with van der Waals surface area (Å²) in [4.78, 5) is 26.5. The van der Waals surface area contributed by atoms with Crippen molar-refractivity contribution in [3.63, 3.8) is 0 Å². The average molecular weight is 332 g/mol. The lowest BCUT2D eigenvalue weighted by Crippen LogP contribution is -2.31. The Bertz CT molecular complexity index is 795. The number of thiophene rings is 2. The number of hydrogen-bond acceptors (Lipinski definition) is 7. The zero-order valence-corrected chi connectivity index (χ0v) is 14.2. The highest BCUT2D eigenvalue weighted by molar-refractivity contribution is 7.17. The van der Waals surface area contributed by atoms with Crippen LogP contribution in [0.25, 0.3) is 10.2 Å². The van der Waals surface area contributed by atoms with Gasteiger partial charge in [0.1, 0.15) is 5.69 Å². The normalized spacial score (nSPS) is 11.3. The summed E-state index contributed by atoms with van der Waals surface area (Å²) in [5, 5.41) is 3.85. The van der Waals surface area contributed by atoms with Gasteiger partial charge in [0.15, 0.2) is 0 Å². The molecular formula is C15H16N4OS2. The summed E-state index contributed by atoms with van der Waals surface area (Å²) in [6, 6.07) is 5.64. The molecule has 22 heavy (non-hydrogen) atoms. The van der Waals surface area contributed by atoms with Crippen molar-refractivity contribution in [1.29, 1.82) is 0 Å². The molecule has 3 heterocycles. The molecule has 0 amide bonds. The summed E-state index contributed by atoms with van der Waals surface area (Å²) >= 11 is 2.94. The molecule has 0 bridgehead atoms. The zero-order valence-electron chi connectivity index (χ0n) is 12.6. The minimum atomic E-state index is -0.0376. The van der Waals surface area contributed by atoms with Crippen molar-refractivity contribution in [3.05, 3.63) is 39.5 Å². The molecule has 0 saturated heterocycles. The van der Waals surface area contributed by atoms with Gasteiger partial charge in [0.25, 0.3) is 0 Å². The van der Waals surface area contributed by atoms with Gasteiger partial charge >= 0.3 is 0 Å². The topological polar surface area (TPSA) is 49.3 Å². The number of aromatic nitrogens is 2. The summed E-state index contributed by atoms with van der Waals surface area (Å²) in [7, 11) is 5.89. The lowest BCUT2D eigenvalue weighted by molar-refractivity contribution is 0.103. The van der Waals surface area contributed by atoms with Gasteiger partial charge in [-0.05, 0) is 37.0 Å². The van der Waals surface area contributed by atoms with Gasteiger partial charge in [0.2, 0.25) is 11.7 Å². The van der Waals surface area contributed by atoms with Gasteiger partial charge in [-0.2, -0.15) is 0 Å². The van der Waals surface area contributed by atoms with Gasteiger partial charge in [-0.3, -0.25) is 9.69 Å². The molecule has 3 aromatic rings. The molecule has 0 aliphatic carbocycles. The monoisotopic (exact) mass is 332 g/mol. The van der Waals surface area contributed by atoms with E-state index in [4.69, 9.17) is 0 Å². The fourth-order valence-corrected chi connectivity index (χ4v) is 3.67. The summed E-state index contributed by atoms with van der Waals surface area (Å²) in [5.41, 5.74) is 1.31. The highest BCUT2D eigenvalue weighted by atomic mass is 32.1. The van der Waals surface area contributed by atoms with Crippen LogP contribution in [-0.4, -0.2) is 48.5 Å². The Labute approximate surface area is 136 Å². The van der Waals surface area contributed by atoms with E-state index in [0.717, 1.165) is 10.2 Å². The van der Waals surface area contributed by atoms with Crippen molar-refractivity contribution >= 4 is 44.6 Å². The number of hydrogen-bond donors (Lipinski definition) is 0. The van der Waals surface area contributed by atoms with Crippen molar-refractivity contribution in [1.82, 2.24) is 14.9 Å². The molecular weight excluding hydrogens is 316 g/mol. The number of nitrogens with zero attached hydrogens (tertiary/aromatic N) is 4. The van der Waals surface area contributed by atoms with E-state index in [0.29, 0.717) is 23.2 Å². The second kappa shape index (κ2) is 6.12. The largest absolute Gasteiger partial charge is 0.331 e. The van der Waals surface area contributed by atoms with Gasteiger partial charge in [0.05, 0.1) is 21.8 Å². The number of carbonyl (C=O) groups excluding carboxylic acids is 1. The van der Waals surface area contributed by atoms with Gasteiger partial charge in [-0.15, -0.1) is 22.7 Å². The Hall–Kier alpha value is -1.83. The first-order valence-electron chi connectivity index (χ1n) is 6.75. The summed E-state index contributed by atoms with van der Waals surface area (Å²) in [6.45, 7) is 0.683. The predicted molar refractivity (Wildman–Crippen MR) is 92.1 cm³/mol. The van der Waals surface area contributed by atoms with Crippen LogP contribution in [0.1, 0.15) is 15.4 Å². The molecule has 0 unspecified atom stereocenters. The first-order chi connectivity index (χ1) is 10.6. The fourth-order valence-electron chi connectivity index (χ4n) is 2.19. The molecule has 0 spiro atoms. The van der Waals surface area contributed by atoms with Crippen molar-refractivity contribution in [2.45, 2.75) is 0 Å². The van der Waals surface area contributed by atoms with E-state index >= 15 is 0 Å². The van der Waals surface area contributed by atoms with Crippen LogP contribution in [0.5, 0.6) is 0 Å². The lowest BCUT2D eigenvalue weighted by Gasteiger charge is -2.21. The first kappa shape index (κ1) is 15.1. The van der Waals surface area contributed by atoms with E-state index in [2.05, 4.69) is 9.97 Å². The minimum Gasteiger partial charge on any atom is -0.331 e. The van der Waals surface area contributed by atoms with Crippen molar-refractivity contribution in [2.24, 2.45) is 0 Å². The molecule has 7 heteroatoms. The Morgan fingerprint density at radius 3 is 2.64 bits per heavy atom. The maximum absolute atomic E-state index is 12.7. The molecule has 0 aliphatic heterocycles. The lowest BCUT2D eigenvalue weighted by atomic mass is 10.2. The molecule has 0 saturated carbocycles. The van der Waals surface area contributed by atoms with Crippen molar-refractivity contribution < 1.29 is 4.79 Å². The first-order valence-corrected chi connectivity index (χ1v) is 8.51. The molecule has 0 N–H and O–H groups in total. The second-order valence-corrected chi connectivity index (χ2v) is 7.10. The quantitative estimate of drug-likeness (QED) is 0.531. The highest BCUT2D eigenvalue weighted by Gasteiger charge is 2.20. The predicted octanol–water partition coefficient (Wildman–Crippen LogP) is 2.94. The van der Waals surface area contributed by atoms with Crippen LogP contribution in [0, 0.1) is 0 Å². The van der Waals surface area contributed by atoms with Crippen LogP contribution in [0.15, 0.2) is 29.0 Å². The van der Waals surface area contributed by atoms with Gasteiger partial charge in [-0.1, -0.05) is 6.07 Å². The van der Waals surface area contributed by atoms with Crippen molar-refractivity contribution in [3.8, 4) is 0 Å². The third-order valence-electron chi connectivity index (χ3n) is 3.09. The molecule has 5 nitrogen and oxygen atoms in total. The molecule has 0 fully saturated rings. The fraction of sp³-hybridized carbons (Fsp3) is 0.267. The van der Waals surface area contributed by atoms with E-state index in [1.165, 1.54) is 22.7 Å². The summed E-state index contributed by atoms with van der Waals surface area (Å²) in [5.74, 6) is 0.531. The Morgan fingerprint density at radius 2 is 1.95 bits per heavy atom. The van der Waals surface area contributed by atoms with E-state index < -0.39 is 0 Å². The standard InChI is InChI=1S/C15H16N4OS2/c1-18(2)9-19(3)15-16-10-6-8-22-14(10)12(17-15)13(20)11-5-4-7-21-11/h4-8H,9H2,1-3H3. The molecule has 0 atom stereocenters. The van der Waals surface area contributed by atoms with Gasteiger partial charge in [0, 0.05) is 7.05 Å². The smallest absolute Gasteiger partial charge is 0.227 e. The summed E-state index contributed by atoms with van der Waals surface area (Å²) < 4.78 is 0.848. The van der Waals surface area contributed by atoms with Crippen LogP contribution in [0.2, 0.25) is 0 Å². The van der Waals surface area contributed by atoms with E-state index in [1.54, 1.807) is 0 Å². The Morgan fingerprint density at radius 1 is 1.14 bits per heavy atom. The molecule has 0 radical (unpaired) electrons. The SMILES string of the molecule is CN(C)CN(C)c1nc(C(=O)c2cccs2)c2sccc2n1. The highest BCUT2D eigenvalue weighted by Crippen LogP contribution is 2.27. The molecule has 0 aliphatic rings. The maximum Gasteiger partial charge on any atom is 0.227 e. The second-order valence-electron chi connectivity index (χ2n) is 5.23. The number of ketones is 1.